The molecule has 0 rings (SSSR count). The molecule has 0 heterocycles. The van der Waals surface area contributed by atoms with Gasteiger partial charge >= 0.3 is 6.09 Å². The van der Waals surface area contributed by atoms with Crippen LogP contribution in [0.5, 0.6) is 0 Å². The molecule has 0 aliphatic heterocycles. The van der Waals surface area contributed by atoms with E-state index in [9.17, 15) is 4.79 Å². The van der Waals surface area contributed by atoms with E-state index in [0.717, 1.165) is 38.5 Å². The summed E-state index contributed by atoms with van der Waals surface area (Å²) >= 11 is 0. The second-order valence-electron chi connectivity index (χ2n) is 18.1. The van der Waals surface area contributed by atoms with E-state index in [2.05, 4.69) is 65.9 Å². The molecule has 0 radical (unpaired) electrons. The summed E-state index contributed by atoms with van der Waals surface area (Å²) < 4.78 is 18.0. The Morgan fingerprint density at radius 1 is 0.500 bits per heavy atom. The molecule has 1 atom stereocenters. The normalized spacial score (nSPS) is 12.9. The Balaban J connectivity index is 4.27. The highest BCUT2D eigenvalue weighted by Crippen LogP contribution is 2.20. The molecule has 0 bridgehead atoms. The first-order valence-electron chi connectivity index (χ1n) is 24.0. The van der Waals surface area contributed by atoms with Gasteiger partial charge in [0.05, 0.1) is 11.2 Å². The average Bonchev–Trinajstić information content (AvgIpc) is 3.12. The summed E-state index contributed by atoms with van der Waals surface area (Å²) in [7, 11) is 0. The van der Waals surface area contributed by atoms with E-state index in [-0.39, 0.29) is 23.4 Å². The van der Waals surface area contributed by atoms with E-state index in [1.807, 2.05) is 0 Å². The number of nitrogens with one attached hydrogen (secondary N) is 1. The molecule has 0 saturated carbocycles. The maximum atomic E-state index is 12.8. The fraction of sp³-hybridized carbons (Fsp3) is 0.939. The minimum Gasteiger partial charge on any atom is -0.446 e. The van der Waals surface area contributed by atoms with Crippen molar-refractivity contribution in [1.82, 2.24) is 5.32 Å². The number of amides is 1. The van der Waals surface area contributed by atoms with Gasteiger partial charge in [-0.3, -0.25) is 0 Å². The molecule has 5 nitrogen and oxygen atoms in total. The molecule has 54 heavy (non-hydrogen) atoms. The number of allylic oxidation sites excluding steroid dienone is 2. The van der Waals surface area contributed by atoms with Crippen LogP contribution in [0.3, 0.4) is 0 Å². The van der Waals surface area contributed by atoms with E-state index in [1.54, 1.807) is 0 Å². The van der Waals surface area contributed by atoms with Gasteiger partial charge in [0.15, 0.2) is 0 Å². The number of hydrogen-bond donors (Lipinski definition) is 1. The third kappa shape index (κ3) is 42.1. The summed E-state index contributed by atoms with van der Waals surface area (Å²) in [5.74, 6) is 0. The van der Waals surface area contributed by atoms with E-state index in [0.29, 0.717) is 19.8 Å². The second-order valence-corrected chi connectivity index (χ2v) is 18.1. The quantitative estimate of drug-likeness (QED) is 0.0498. The third-order valence-corrected chi connectivity index (χ3v) is 10.8. The summed E-state index contributed by atoms with van der Waals surface area (Å²) in [6, 6.07) is 0. The summed E-state index contributed by atoms with van der Waals surface area (Å²) in [6.07, 6.45) is 47.2. The van der Waals surface area contributed by atoms with Crippen LogP contribution in [-0.4, -0.2) is 43.2 Å². The molecule has 0 spiro atoms. The van der Waals surface area contributed by atoms with Crippen LogP contribution < -0.4 is 5.32 Å². The van der Waals surface area contributed by atoms with Crippen molar-refractivity contribution in [2.75, 3.05) is 19.8 Å². The van der Waals surface area contributed by atoms with Crippen molar-refractivity contribution in [3.8, 4) is 0 Å². The molecule has 322 valence electrons. The Morgan fingerprint density at radius 3 is 1.30 bits per heavy atom. The SMILES string of the molecule is CCCCCCCCC=CCCCCCCCC(CCCCCCCCCCCCCCCCCC)OC(=O)NCCCOC(C)(C)CCOC(C)(C)C. The van der Waals surface area contributed by atoms with Gasteiger partial charge in [-0.05, 0) is 98.8 Å². The first kappa shape index (κ1) is 52.9. The lowest BCUT2D eigenvalue weighted by Gasteiger charge is -2.28. The Hall–Kier alpha value is -1.07. The van der Waals surface area contributed by atoms with Gasteiger partial charge in [-0.2, -0.15) is 0 Å². The number of carbonyl (C=O) groups is 1. The molecule has 1 N–H and O–H groups in total. The van der Waals surface area contributed by atoms with Crippen LogP contribution in [-0.2, 0) is 14.2 Å². The van der Waals surface area contributed by atoms with Crippen molar-refractivity contribution in [3.63, 3.8) is 0 Å². The number of alkyl carbamates (subject to hydrolysis) is 1. The molecule has 0 aromatic carbocycles. The minimum absolute atomic E-state index is 0.0274. The maximum absolute atomic E-state index is 12.8. The molecule has 0 saturated heterocycles. The maximum Gasteiger partial charge on any atom is 0.407 e. The smallest absolute Gasteiger partial charge is 0.407 e. The average molecular weight is 764 g/mol. The Morgan fingerprint density at radius 2 is 0.889 bits per heavy atom. The van der Waals surface area contributed by atoms with Gasteiger partial charge in [-0.25, -0.2) is 4.79 Å². The number of ether oxygens (including phenoxy) is 3. The monoisotopic (exact) mass is 764 g/mol. The van der Waals surface area contributed by atoms with Crippen LogP contribution in [0, 0.1) is 0 Å². The topological polar surface area (TPSA) is 56.8 Å². The van der Waals surface area contributed by atoms with Crippen LogP contribution in [0.15, 0.2) is 12.2 Å². The summed E-state index contributed by atoms with van der Waals surface area (Å²) in [5, 5.41) is 3.00. The van der Waals surface area contributed by atoms with Crippen LogP contribution >= 0.6 is 0 Å². The Labute approximate surface area is 339 Å². The highest BCUT2D eigenvalue weighted by Gasteiger charge is 2.20. The molecule has 5 heteroatoms. The van der Waals surface area contributed by atoms with Gasteiger partial charge in [-0.1, -0.05) is 174 Å². The van der Waals surface area contributed by atoms with Crippen molar-refractivity contribution in [2.24, 2.45) is 0 Å². The summed E-state index contributed by atoms with van der Waals surface area (Å²) in [5.41, 5.74) is -0.373. The van der Waals surface area contributed by atoms with Gasteiger partial charge in [0.1, 0.15) is 6.10 Å². The van der Waals surface area contributed by atoms with Crippen molar-refractivity contribution in [3.05, 3.63) is 12.2 Å². The van der Waals surface area contributed by atoms with Gasteiger partial charge in [0.2, 0.25) is 0 Å². The van der Waals surface area contributed by atoms with E-state index < -0.39 is 0 Å². The summed E-state index contributed by atoms with van der Waals surface area (Å²) in [4.78, 5) is 12.8. The zero-order valence-electron chi connectivity index (χ0n) is 37.8. The molecule has 0 fully saturated rings. The predicted octanol–water partition coefficient (Wildman–Crippen LogP) is 16.2. The lowest BCUT2D eigenvalue weighted by Crippen LogP contribution is -2.32. The molecule has 0 aromatic rings. The Bertz CT molecular complexity index is 804. The number of unbranched alkanes of at least 4 members (excludes halogenated alkanes) is 26. The van der Waals surface area contributed by atoms with Crippen LogP contribution in [0.2, 0.25) is 0 Å². The summed E-state index contributed by atoms with van der Waals surface area (Å²) in [6.45, 7) is 16.9. The highest BCUT2D eigenvalue weighted by atomic mass is 16.6. The number of rotatable bonds is 41. The van der Waals surface area contributed by atoms with E-state index in [4.69, 9.17) is 14.2 Å². The fourth-order valence-corrected chi connectivity index (χ4v) is 7.10. The second kappa shape index (κ2) is 38.8. The van der Waals surface area contributed by atoms with Crippen molar-refractivity contribution < 1.29 is 19.0 Å². The molecule has 0 aromatic heterocycles. The zero-order valence-corrected chi connectivity index (χ0v) is 37.8. The zero-order chi connectivity index (χ0) is 39.9. The van der Waals surface area contributed by atoms with E-state index in [1.165, 1.54) is 173 Å². The van der Waals surface area contributed by atoms with Crippen molar-refractivity contribution >= 4 is 6.09 Å². The number of carbonyl (C=O) groups excluding carboxylic acids is 1. The lowest BCUT2D eigenvalue weighted by molar-refractivity contribution is -0.0667. The van der Waals surface area contributed by atoms with Crippen LogP contribution in [0.4, 0.5) is 4.79 Å². The molecular weight excluding hydrogens is 667 g/mol. The fourth-order valence-electron chi connectivity index (χ4n) is 7.10. The lowest BCUT2D eigenvalue weighted by atomic mass is 10.0. The molecule has 0 aliphatic carbocycles. The first-order chi connectivity index (χ1) is 26.1. The predicted molar refractivity (Wildman–Crippen MR) is 237 cm³/mol. The molecule has 1 amide bonds. The molecule has 0 aliphatic rings. The third-order valence-electron chi connectivity index (χ3n) is 10.8. The van der Waals surface area contributed by atoms with E-state index >= 15 is 0 Å². The first-order valence-corrected chi connectivity index (χ1v) is 24.0. The van der Waals surface area contributed by atoms with Crippen molar-refractivity contribution in [1.29, 1.82) is 0 Å². The molecular formula is C49H97NO4. The number of hydrogen-bond acceptors (Lipinski definition) is 4. The molecule has 1 unspecified atom stereocenters. The largest absolute Gasteiger partial charge is 0.446 e. The van der Waals surface area contributed by atoms with Gasteiger partial charge in [0.25, 0.3) is 0 Å². The van der Waals surface area contributed by atoms with Gasteiger partial charge in [0, 0.05) is 19.8 Å². The minimum atomic E-state index is -0.262. The van der Waals surface area contributed by atoms with Gasteiger partial charge < -0.3 is 19.5 Å². The standard InChI is InChI=1S/C49H97NO4/c1-8-10-12-14-16-18-20-22-24-26-28-30-32-34-36-38-41-46(40-37-35-33-31-29-27-25-23-21-19-17-15-13-11-9-2)54-47(51)50-43-39-44-53-49(6,7)42-45-52-48(3,4)5/h23,25,46H,8-22,24,26-45H2,1-7H3,(H,50,51). The van der Waals surface area contributed by atoms with Crippen molar-refractivity contribution in [2.45, 2.75) is 278 Å². The van der Waals surface area contributed by atoms with Crippen LogP contribution in [0.1, 0.15) is 260 Å². The van der Waals surface area contributed by atoms with Crippen LogP contribution in [0.25, 0.3) is 0 Å². The highest BCUT2D eigenvalue weighted by molar-refractivity contribution is 5.67. The Kier molecular flexibility index (Phi) is 38.0. The van der Waals surface area contributed by atoms with Gasteiger partial charge in [-0.15, -0.1) is 0 Å².